The molecule has 0 saturated heterocycles. The molecule has 7 heteroatoms. The van der Waals surface area contributed by atoms with Crippen LogP contribution in [0.5, 0.6) is 5.75 Å². The smallest absolute Gasteiger partial charge is 0.329 e. The zero-order valence-electron chi connectivity index (χ0n) is 12.9. The maximum absolute atomic E-state index is 12.2. The fourth-order valence-electron chi connectivity index (χ4n) is 2.26. The predicted octanol–water partition coefficient (Wildman–Crippen LogP) is 1.03. The SMILES string of the molecule is COCCOC(=O)C(C)N1C(=O)CNc2cc(OC)ccc21. The Morgan fingerprint density at radius 2 is 2.14 bits per heavy atom. The molecule has 2 rings (SSSR count). The molecule has 0 radical (unpaired) electrons. The number of esters is 1. The van der Waals surface area contributed by atoms with Crippen molar-refractivity contribution >= 4 is 23.3 Å². The van der Waals surface area contributed by atoms with E-state index < -0.39 is 12.0 Å². The van der Waals surface area contributed by atoms with E-state index in [1.165, 1.54) is 12.0 Å². The molecule has 1 aromatic carbocycles. The number of benzene rings is 1. The summed E-state index contributed by atoms with van der Waals surface area (Å²) in [6.07, 6.45) is 0. The topological polar surface area (TPSA) is 77.1 Å². The molecule has 0 aliphatic carbocycles. The second-order valence-electron chi connectivity index (χ2n) is 4.84. The minimum Gasteiger partial charge on any atom is -0.497 e. The van der Waals surface area contributed by atoms with E-state index in [0.717, 1.165) is 5.69 Å². The van der Waals surface area contributed by atoms with Crippen LogP contribution in [0.25, 0.3) is 0 Å². The summed E-state index contributed by atoms with van der Waals surface area (Å²) < 4.78 is 15.1. The van der Waals surface area contributed by atoms with E-state index in [1.54, 1.807) is 32.2 Å². The Morgan fingerprint density at radius 3 is 2.82 bits per heavy atom. The van der Waals surface area contributed by atoms with E-state index in [9.17, 15) is 9.59 Å². The van der Waals surface area contributed by atoms with Gasteiger partial charge in [-0.25, -0.2) is 4.79 Å². The van der Waals surface area contributed by atoms with Gasteiger partial charge in [0.2, 0.25) is 5.91 Å². The molecule has 22 heavy (non-hydrogen) atoms. The number of rotatable bonds is 6. The number of ether oxygens (including phenoxy) is 3. The Labute approximate surface area is 129 Å². The first-order valence-electron chi connectivity index (χ1n) is 6.98. The van der Waals surface area contributed by atoms with Crippen LogP contribution in [0.15, 0.2) is 18.2 Å². The maximum atomic E-state index is 12.2. The number of carbonyl (C=O) groups excluding carboxylic acids is 2. The molecule has 1 heterocycles. The number of fused-ring (bicyclic) bond motifs is 1. The van der Waals surface area contributed by atoms with Gasteiger partial charge in [0.15, 0.2) is 0 Å². The number of anilines is 2. The monoisotopic (exact) mass is 308 g/mol. The van der Waals surface area contributed by atoms with Gasteiger partial charge in [-0.2, -0.15) is 0 Å². The molecule has 0 spiro atoms. The molecule has 1 unspecified atom stereocenters. The average molecular weight is 308 g/mol. The second-order valence-corrected chi connectivity index (χ2v) is 4.84. The van der Waals surface area contributed by atoms with Gasteiger partial charge in [-0.15, -0.1) is 0 Å². The van der Waals surface area contributed by atoms with Gasteiger partial charge in [0.1, 0.15) is 18.4 Å². The Bertz CT molecular complexity index is 561. The third kappa shape index (κ3) is 3.30. The summed E-state index contributed by atoms with van der Waals surface area (Å²) in [5, 5.41) is 3.02. The average Bonchev–Trinajstić information content (AvgIpc) is 2.53. The number of methoxy groups -OCH3 is 2. The lowest BCUT2D eigenvalue weighted by Gasteiger charge is -2.33. The van der Waals surface area contributed by atoms with E-state index in [-0.39, 0.29) is 19.1 Å². The fourth-order valence-corrected chi connectivity index (χ4v) is 2.26. The molecule has 0 fully saturated rings. The fraction of sp³-hybridized carbons (Fsp3) is 0.467. The summed E-state index contributed by atoms with van der Waals surface area (Å²) in [7, 11) is 3.10. The highest BCUT2D eigenvalue weighted by Crippen LogP contribution is 2.34. The van der Waals surface area contributed by atoms with Crippen LogP contribution >= 0.6 is 0 Å². The summed E-state index contributed by atoms with van der Waals surface area (Å²) in [5.74, 6) is 0.0267. The highest BCUT2D eigenvalue weighted by Gasteiger charge is 2.32. The molecule has 7 nitrogen and oxygen atoms in total. The van der Waals surface area contributed by atoms with Crippen molar-refractivity contribution in [3.63, 3.8) is 0 Å². The largest absolute Gasteiger partial charge is 0.497 e. The van der Waals surface area contributed by atoms with Crippen molar-refractivity contribution in [3.05, 3.63) is 18.2 Å². The molecule has 1 N–H and O–H groups in total. The summed E-state index contributed by atoms with van der Waals surface area (Å²) in [6, 6.07) is 4.57. The number of nitrogens with one attached hydrogen (secondary N) is 1. The van der Waals surface area contributed by atoms with E-state index in [4.69, 9.17) is 14.2 Å². The van der Waals surface area contributed by atoms with Crippen molar-refractivity contribution in [3.8, 4) is 5.75 Å². The summed E-state index contributed by atoms with van der Waals surface area (Å²) in [5.41, 5.74) is 1.38. The number of nitrogens with zero attached hydrogens (tertiary/aromatic N) is 1. The normalized spacial score (nSPS) is 14.9. The first kappa shape index (κ1) is 16.1. The van der Waals surface area contributed by atoms with Crippen LogP contribution in [0.2, 0.25) is 0 Å². The molecule has 1 aliphatic rings. The third-order valence-corrected chi connectivity index (χ3v) is 3.42. The molecular formula is C15H20N2O5. The number of amides is 1. The highest BCUT2D eigenvalue weighted by atomic mass is 16.6. The molecule has 1 atom stereocenters. The lowest BCUT2D eigenvalue weighted by atomic mass is 10.1. The van der Waals surface area contributed by atoms with Gasteiger partial charge in [-0.3, -0.25) is 9.69 Å². The standard InChI is InChI=1S/C15H20N2O5/c1-10(15(19)22-7-6-20-2)17-13-5-4-11(21-3)8-12(13)16-9-14(17)18/h4-5,8,10,16H,6-7,9H2,1-3H3. The first-order valence-corrected chi connectivity index (χ1v) is 6.98. The van der Waals surface area contributed by atoms with Gasteiger partial charge in [0.05, 0.1) is 31.6 Å². The summed E-state index contributed by atoms with van der Waals surface area (Å²) >= 11 is 0. The van der Waals surface area contributed by atoms with Crippen LogP contribution in [0, 0.1) is 0 Å². The zero-order chi connectivity index (χ0) is 16.1. The van der Waals surface area contributed by atoms with Crippen molar-refractivity contribution in [2.75, 3.05) is 44.2 Å². The molecule has 1 aliphatic heterocycles. The number of hydrogen-bond donors (Lipinski definition) is 1. The molecule has 0 aromatic heterocycles. The van der Waals surface area contributed by atoms with Gasteiger partial charge in [0.25, 0.3) is 0 Å². The lowest BCUT2D eigenvalue weighted by molar-refractivity contribution is -0.147. The van der Waals surface area contributed by atoms with Gasteiger partial charge in [-0.1, -0.05) is 0 Å². The molecule has 1 amide bonds. The van der Waals surface area contributed by atoms with Crippen molar-refractivity contribution in [2.45, 2.75) is 13.0 Å². The van der Waals surface area contributed by atoms with Crippen LogP contribution in [-0.4, -0.2) is 51.9 Å². The zero-order valence-corrected chi connectivity index (χ0v) is 12.9. The minimum atomic E-state index is -0.710. The Kier molecular flexibility index (Phi) is 5.21. The van der Waals surface area contributed by atoms with Crippen molar-refractivity contribution in [1.29, 1.82) is 0 Å². The van der Waals surface area contributed by atoms with Crippen molar-refractivity contribution < 1.29 is 23.8 Å². The highest BCUT2D eigenvalue weighted by molar-refractivity contribution is 6.06. The van der Waals surface area contributed by atoms with E-state index in [1.807, 2.05) is 0 Å². The van der Waals surface area contributed by atoms with E-state index in [2.05, 4.69) is 5.32 Å². The van der Waals surface area contributed by atoms with Crippen LogP contribution in [0.3, 0.4) is 0 Å². The molecule has 0 bridgehead atoms. The summed E-state index contributed by atoms with van der Waals surface area (Å²) in [4.78, 5) is 25.7. The summed E-state index contributed by atoms with van der Waals surface area (Å²) in [6.45, 7) is 2.25. The van der Waals surface area contributed by atoms with Gasteiger partial charge < -0.3 is 19.5 Å². The van der Waals surface area contributed by atoms with Crippen molar-refractivity contribution in [2.24, 2.45) is 0 Å². The Hall–Kier alpha value is -2.28. The van der Waals surface area contributed by atoms with Crippen LogP contribution in [-0.2, 0) is 19.1 Å². The van der Waals surface area contributed by atoms with Crippen molar-refractivity contribution in [1.82, 2.24) is 0 Å². The Morgan fingerprint density at radius 1 is 1.36 bits per heavy atom. The van der Waals surface area contributed by atoms with Crippen LogP contribution in [0.1, 0.15) is 6.92 Å². The molecule has 120 valence electrons. The van der Waals surface area contributed by atoms with Gasteiger partial charge in [0, 0.05) is 13.2 Å². The van der Waals surface area contributed by atoms with Gasteiger partial charge >= 0.3 is 5.97 Å². The molecule has 1 aromatic rings. The molecule has 0 saturated carbocycles. The second kappa shape index (κ2) is 7.13. The maximum Gasteiger partial charge on any atom is 0.329 e. The molecular weight excluding hydrogens is 288 g/mol. The van der Waals surface area contributed by atoms with Crippen LogP contribution in [0.4, 0.5) is 11.4 Å². The minimum absolute atomic E-state index is 0.121. The van der Waals surface area contributed by atoms with E-state index >= 15 is 0 Å². The Balaban J connectivity index is 2.19. The van der Waals surface area contributed by atoms with Gasteiger partial charge in [-0.05, 0) is 19.1 Å². The number of hydrogen-bond acceptors (Lipinski definition) is 6. The lowest BCUT2D eigenvalue weighted by Crippen LogP contribution is -2.49. The first-order chi connectivity index (χ1) is 10.6. The van der Waals surface area contributed by atoms with E-state index in [0.29, 0.717) is 18.0 Å². The number of carbonyl (C=O) groups is 2. The van der Waals surface area contributed by atoms with Crippen LogP contribution < -0.4 is 15.0 Å². The third-order valence-electron chi connectivity index (χ3n) is 3.42. The predicted molar refractivity (Wildman–Crippen MR) is 81.3 cm³/mol. The quantitative estimate of drug-likeness (QED) is 0.625.